The van der Waals surface area contributed by atoms with Gasteiger partial charge in [0.25, 0.3) is 5.56 Å². The quantitative estimate of drug-likeness (QED) is 0.783. The topological polar surface area (TPSA) is 83.1 Å². The summed E-state index contributed by atoms with van der Waals surface area (Å²) in [6.07, 6.45) is 0. The first-order chi connectivity index (χ1) is 11.0. The van der Waals surface area contributed by atoms with Gasteiger partial charge in [0.2, 0.25) is 0 Å². The van der Waals surface area contributed by atoms with Crippen LogP contribution in [0.15, 0.2) is 34.4 Å². The third kappa shape index (κ3) is 2.12. The zero-order valence-corrected chi connectivity index (χ0v) is 12.6. The molecule has 114 valence electrons. The van der Waals surface area contributed by atoms with Gasteiger partial charge in [0, 0.05) is 11.1 Å². The van der Waals surface area contributed by atoms with Crippen LogP contribution in [-0.2, 0) is 0 Å². The molecule has 0 unspecified atom stereocenters. The van der Waals surface area contributed by atoms with Crippen LogP contribution in [0.25, 0.3) is 15.8 Å². The molecule has 2 aromatic heterocycles. The minimum Gasteiger partial charge on any atom is -0.478 e. The highest BCUT2D eigenvalue weighted by Gasteiger charge is 2.23. The molecule has 0 atom stereocenters. The number of carbonyl (C=O) groups is 1. The van der Waals surface area contributed by atoms with E-state index in [2.05, 4.69) is 0 Å². The summed E-state index contributed by atoms with van der Waals surface area (Å²) in [4.78, 5) is 24.4. The van der Waals surface area contributed by atoms with Gasteiger partial charge in [0.1, 0.15) is 16.9 Å². The molecule has 23 heavy (non-hydrogen) atoms. The molecule has 1 N–H and O–H groups in total. The molecule has 0 spiro atoms. The second-order valence-electron chi connectivity index (χ2n) is 4.82. The Hall–Kier alpha value is -2.98. The highest BCUT2D eigenvalue weighted by molar-refractivity contribution is 7.12. The Balaban J connectivity index is 2.60. The standard InChI is InChI=1S/C16H9FN2O3S/c1-8-12(16(21)22)10-3-2-4-11(17)13(10)14(20)19(8)15-9(7-18)5-6-23-15/h2-6H,1H3,(H,21,22). The number of aromatic carboxylic acids is 1. The third-order valence-corrected chi connectivity index (χ3v) is 4.48. The van der Waals surface area contributed by atoms with Crippen molar-refractivity contribution in [2.75, 3.05) is 0 Å². The molecule has 5 nitrogen and oxygen atoms in total. The van der Waals surface area contributed by atoms with Crippen molar-refractivity contribution in [3.63, 3.8) is 0 Å². The molecule has 3 rings (SSSR count). The van der Waals surface area contributed by atoms with E-state index in [4.69, 9.17) is 5.26 Å². The van der Waals surface area contributed by atoms with Crippen LogP contribution in [0.2, 0.25) is 0 Å². The van der Waals surface area contributed by atoms with Gasteiger partial charge in [-0.3, -0.25) is 9.36 Å². The first-order valence-corrected chi connectivity index (χ1v) is 7.40. The van der Waals surface area contributed by atoms with Gasteiger partial charge in [-0.15, -0.1) is 11.3 Å². The fourth-order valence-corrected chi connectivity index (χ4v) is 3.49. The number of hydrogen-bond acceptors (Lipinski definition) is 4. The molecule has 0 aliphatic heterocycles. The number of nitriles is 1. The Morgan fingerprint density at radius 1 is 1.39 bits per heavy atom. The first-order valence-electron chi connectivity index (χ1n) is 6.52. The number of carboxylic acids is 1. The summed E-state index contributed by atoms with van der Waals surface area (Å²) >= 11 is 1.12. The lowest BCUT2D eigenvalue weighted by atomic mass is 10.0. The number of rotatable bonds is 2. The number of thiophene rings is 1. The van der Waals surface area contributed by atoms with E-state index in [1.54, 1.807) is 5.38 Å². The van der Waals surface area contributed by atoms with Gasteiger partial charge in [-0.2, -0.15) is 5.26 Å². The number of nitrogens with zero attached hydrogens (tertiary/aromatic N) is 2. The lowest BCUT2D eigenvalue weighted by molar-refractivity contribution is 0.0697. The smallest absolute Gasteiger partial charge is 0.338 e. The molecule has 0 saturated carbocycles. The molecule has 0 amide bonds. The van der Waals surface area contributed by atoms with Crippen LogP contribution in [0.4, 0.5) is 4.39 Å². The van der Waals surface area contributed by atoms with Crippen molar-refractivity contribution in [1.29, 1.82) is 5.26 Å². The molecule has 0 radical (unpaired) electrons. The van der Waals surface area contributed by atoms with Gasteiger partial charge >= 0.3 is 5.97 Å². The van der Waals surface area contributed by atoms with Gasteiger partial charge in [-0.1, -0.05) is 12.1 Å². The number of benzene rings is 1. The Labute approximate surface area is 133 Å². The van der Waals surface area contributed by atoms with Crippen molar-refractivity contribution in [3.05, 3.63) is 62.6 Å². The van der Waals surface area contributed by atoms with E-state index in [0.29, 0.717) is 0 Å². The van der Waals surface area contributed by atoms with Crippen molar-refractivity contribution in [3.8, 4) is 11.1 Å². The zero-order chi connectivity index (χ0) is 16.7. The van der Waals surface area contributed by atoms with Gasteiger partial charge in [-0.05, 0) is 24.4 Å². The van der Waals surface area contributed by atoms with E-state index in [1.807, 2.05) is 6.07 Å². The third-order valence-electron chi connectivity index (χ3n) is 3.58. The Morgan fingerprint density at radius 2 is 2.13 bits per heavy atom. The van der Waals surface area contributed by atoms with Crippen LogP contribution < -0.4 is 5.56 Å². The van der Waals surface area contributed by atoms with E-state index in [9.17, 15) is 19.1 Å². The highest BCUT2D eigenvalue weighted by Crippen LogP contribution is 2.27. The maximum absolute atomic E-state index is 14.2. The molecular weight excluding hydrogens is 319 g/mol. The fraction of sp³-hybridized carbons (Fsp3) is 0.0625. The molecule has 0 aliphatic rings. The fourth-order valence-electron chi connectivity index (χ4n) is 2.59. The summed E-state index contributed by atoms with van der Waals surface area (Å²) in [6.45, 7) is 1.47. The molecular formula is C16H9FN2O3S. The van der Waals surface area contributed by atoms with E-state index in [-0.39, 0.29) is 32.6 Å². The molecule has 0 fully saturated rings. The van der Waals surface area contributed by atoms with Crippen LogP contribution in [0, 0.1) is 24.1 Å². The Kier molecular flexibility index (Phi) is 3.47. The van der Waals surface area contributed by atoms with E-state index in [1.165, 1.54) is 25.1 Å². The number of halogens is 1. The molecule has 0 saturated heterocycles. The summed E-state index contributed by atoms with van der Waals surface area (Å²) in [7, 11) is 0. The van der Waals surface area contributed by atoms with Gasteiger partial charge in [-0.25, -0.2) is 9.18 Å². The van der Waals surface area contributed by atoms with E-state index >= 15 is 0 Å². The van der Waals surface area contributed by atoms with Crippen LogP contribution in [0.5, 0.6) is 0 Å². The zero-order valence-electron chi connectivity index (χ0n) is 11.8. The SMILES string of the molecule is Cc1c(C(=O)O)c2cccc(F)c2c(=O)n1-c1sccc1C#N. The van der Waals surface area contributed by atoms with E-state index in [0.717, 1.165) is 22.0 Å². The molecule has 2 heterocycles. The lowest BCUT2D eigenvalue weighted by Gasteiger charge is -2.14. The maximum Gasteiger partial charge on any atom is 0.338 e. The van der Waals surface area contributed by atoms with Crippen LogP contribution in [-0.4, -0.2) is 15.6 Å². The molecule has 7 heteroatoms. The predicted octanol–water partition coefficient (Wildman–Crippen LogP) is 3.07. The molecule has 3 aromatic rings. The van der Waals surface area contributed by atoms with Crippen molar-refractivity contribution >= 4 is 28.1 Å². The number of pyridine rings is 1. The maximum atomic E-state index is 14.2. The van der Waals surface area contributed by atoms with E-state index < -0.39 is 17.3 Å². The Morgan fingerprint density at radius 3 is 2.78 bits per heavy atom. The predicted molar refractivity (Wildman–Crippen MR) is 83.8 cm³/mol. The highest BCUT2D eigenvalue weighted by atomic mass is 32.1. The van der Waals surface area contributed by atoms with Crippen LogP contribution in [0.3, 0.4) is 0 Å². The summed E-state index contributed by atoms with van der Waals surface area (Å²) in [6, 6.07) is 7.34. The normalized spacial score (nSPS) is 10.7. The van der Waals surface area contributed by atoms with Crippen LogP contribution >= 0.6 is 11.3 Å². The van der Waals surface area contributed by atoms with Crippen molar-refractivity contribution < 1.29 is 14.3 Å². The van der Waals surface area contributed by atoms with Crippen molar-refractivity contribution in [1.82, 2.24) is 4.57 Å². The largest absolute Gasteiger partial charge is 0.478 e. The summed E-state index contributed by atoms with van der Waals surface area (Å²) < 4.78 is 15.3. The van der Waals surface area contributed by atoms with Crippen LogP contribution in [0.1, 0.15) is 21.6 Å². The van der Waals surface area contributed by atoms with Crippen molar-refractivity contribution in [2.45, 2.75) is 6.92 Å². The minimum atomic E-state index is -1.26. The number of fused-ring (bicyclic) bond motifs is 1. The number of aromatic nitrogens is 1. The second-order valence-corrected chi connectivity index (χ2v) is 5.71. The lowest BCUT2D eigenvalue weighted by Crippen LogP contribution is -2.24. The van der Waals surface area contributed by atoms with Gasteiger partial charge < -0.3 is 5.11 Å². The first kappa shape index (κ1) is 14.9. The number of carboxylic acid groups (broad SMARTS) is 1. The summed E-state index contributed by atoms with van der Waals surface area (Å²) in [5.41, 5.74) is -0.456. The Bertz CT molecular complexity index is 1060. The summed E-state index contributed by atoms with van der Waals surface area (Å²) in [5.74, 6) is -2.05. The molecule has 0 bridgehead atoms. The van der Waals surface area contributed by atoms with Crippen molar-refractivity contribution in [2.24, 2.45) is 0 Å². The molecule has 0 aliphatic carbocycles. The minimum absolute atomic E-state index is 0.0475. The van der Waals surface area contributed by atoms with Gasteiger partial charge in [0.05, 0.1) is 16.5 Å². The number of hydrogen-bond donors (Lipinski definition) is 1. The molecule has 1 aromatic carbocycles. The average Bonchev–Trinajstić information content (AvgIpc) is 2.95. The monoisotopic (exact) mass is 328 g/mol. The van der Waals surface area contributed by atoms with Gasteiger partial charge in [0.15, 0.2) is 0 Å². The average molecular weight is 328 g/mol. The second kappa shape index (κ2) is 5.34. The summed E-state index contributed by atoms with van der Waals surface area (Å²) in [5, 5.41) is 20.3.